The quantitative estimate of drug-likeness (QED) is 0.781. The summed E-state index contributed by atoms with van der Waals surface area (Å²) >= 11 is 0. The third-order valence-corrected chi connectivity index (χ3v) is 2.05. The zero-order valence-electron chi connectivity index (χ0n) is 8.43. The molecule has 1 aromatic carbocycles. The van der Waals surface area contributed by atoms with Crippen molar-refractivity contribution in [2.24, 2.45) is 0 Å². The molecule has 0 aromatic heterocycles. The normalized spacial score (nSPS) is 11.8. The number of nitrogens with one attached hydrogen (secondary N) is 1. The van der Waals surface area contributed by atoms with E-state index in [0.29, 0.717) is 12.0 Å². The molecule has 4 heteroatoms. The Morgan fingerprint density at radius 2 is 1.93 bits per heavy atom. The lowest BCUT2D eigenvalue weighted by Crippen LogP contribution is -2.40. The van der Waals surface area contributed by atoms with Gasteiger partial charge in [0.1, 0.15) is 6.04 Å². The SMILES string of the molecule is CCC(NC(=O)c1ccccc1)C(=O)O. The molecule has 1 unspecified atom stereocenters. The molecule has 0 saturated heterocycles. The van der Waals surface area contributed by atoms with Gasteiger partial charge in [-0.1, -0.05) is 25.1 Å². The molecule has 0 aliphatic rings. The monoisotopic (exact) mass is 207 g/mol. The zero-order valence-corrected chi connectivity index (χ0v) is 8.43. The zero-order chi connectivity index (χ0) is 11.3. The predicted octanol–water partition coefficient (Wildman–Crippen LogP) is 1.28. The van der Waals surface area contributed by atoms with Gasteiger partial charge in [-0.25, -0.2) is 4.79 Å². The van der Waals surface area contributed by atoms with Gasteiger partial charge in [-0.2, -0.15) is 0 Å². The average Bonchev–Trinajstić information content (AvgIpc) is 2.26. The van der Waals surface area contributed by atoms with Gasteiger partial charge in [-0.05, 0) is 18.6 Å². The smallest absolute Gasteiger partial charge is 0.326 e. The molecule has 0 bridgehead atoms. The molecular weight excluding hydrogens is 194 g/mol. The molecule has 1 amide bonds. The van der Waals surface area contributed by atoms with Gasteiger partial charge in [0.05, 0.1) is 0 Å². The van der Waals surface area contributed by atoms with Crippen LogP contribution in [-0.4, -0.2) is 23.0 Å². The highest BCUT2D eigenvalue weighted by atomic mass is 16.4. The number of benzene rings is 1. The first-order chi connectivity index (χ1) is 7.15. The molecule has 1 aromatic rings. The van der Waals surface area contributed by atoms with Crippen molar-refractivity contribution >= 4 is 11.9 Å². The molecule has 1 rings (SSSR count). The second kappa shape index (κ2) is 5.14. The maximum absolute atomic E-state index is 11.5. The summed E-state index contributed by atoms with van der Waals surface area (Å²) in [6.07, 6.45) is 0.369. The summed E-state index contributed by atoms with van der Waals surface area (Å²) in [6, 6.07) is 7.73. The highest BCUT2D eigenvalue weighted by molar-refractivity contribution is 5.96. The summed E-state index contributed by atoms with van der Waals surface area (Å²) in [5.41, 5.74) is 0.470. The minimum absolute atomic E-state index is 0.357. The lowest BCUT2D eigenvalue weighted by Gasteiger charge is -2.11. The summed E-state index contributed by atoms with van der Waals surface area (Å²) in [5.74, 6) is -1.37. The van der Waals surface area contributed by atoms with Gasteiger partial charge in [0.2, 0.25) is 0 Å². The Morgan fingerprint density at radius 3 is 2.40 bits per heavy atom. The first kappa shape index (κ1) is 11.2. The van der Waals surface area contributed by atoms with Crippen LogP contribution in [0.3, 0.4) is 0 Å². The standard InChI is InChI=1S/C11H13NO3/c1-2-9(11(14)15)12-10(13)8-6-4-3-5-7-8/h3-7,9H,2H2,1H3,(H,12,13)(H,14,15). The number of hydrogen-bond acceptors (Lipinski definition) is 2. The molecule has 0 aliphatic carbocycles. The summed E-state index contributed by atoms with van der Waals surface area (Å²) in [7, 11) is 0. The number of carboxylic acids is 1. The van der Waals surface area contributed by atoms with Crippen LogP contribution in [0.4, 0.5) is 0 Å². The van der Waals surface area contributed by atoms with Gasteiger partial charge in [0.25, 0.3) is 5.91 Å². The van der Waals surface area contributed by atoms with E-state index in [1.807, 2.05) is 0 Å². The summed E-state index contributed by atoms with van der Waals surface area (Å²) in [5, 5.41) is 11.2. The van der Waals surface area contributed by atoms with Crippen LogP contribution in [0.15, 0.2) is 30.3 Å². The van der Waals surface area contributed by atoms with E-state index in [9.17, 15) is 9.59 Å². The second-order valence-electron chi connectivity index (χ2n) is 3.14. The topological polar surface area (TPSA) is 66.4 Å². The summed E-state index contributed by atoms with van der Waals surface area (Å²) < 4.78 is 0. The maximum Gasteiger partial charge on any atom is 0.326 e. The van der Waals surface area contributed by atoms with Crippen molar-refractivity contribution in [3.63, 3.8) is 0 Å². The van der Waals surface area contributed by atoms with Gasteiger partial charge in [-0.3, -0.25) is 4.79 Å². The Morgan fingerprint density at radius 1 is 1.33 bits per heavy atom. The van der Waals surface area contributed by atoms with Crippen molar-refractivity contribution < 1.29 is 14.7 Å². The molecule has 0 radical (unpaired) electrons. The van der Waals surface area contributed by atoms with E-state index in [4.69, 9.17) is 5.11 Å². The summed E-state index contributed by atoms with van der Waals surface area (Å²) in [6.45, 7) is 1.71. The third kappa shape index (κ3) is 3.09. The Kier molecular flexibility index (Phi) is 3.85. The number of carbonyl (C=O) groups excluding carboxylic acids is 1. The predicted molar refractivity (Wildman–Crippen MR) is 55.6 cm³/mol. The van der Waals surface area contributed by atoms with E-state index < -0.39 is 12.0 Å². The summed E-state index contributed by atoms with van der Waals surface area (Å²) in [4.78, 5) is 22.2. The fraction of sp³-hybridized carbons (Fsp3) is 0.273. The van der Waals surface area contributed by atoms with Crippen LogP contribution in [0, 0.1) is 0 Å². The molecule has 0 heterocycles. The number of aliphatic carboxylic acids is 1. The molecule has 0 spiro atoms. The fourth-order valence-electron chi connectivity index (χ4n) is 1.17. The van der Waals surface area contributed by atoms with Crippen LogP contribution in [0.5, 0.6) is 0 Å². The van der Waals surface area contributed by atoms with E-state index in [-0.39, 0.29) is 5.91 Å². The number of carboxylic acid groups (broad SMARTS) is 1. The minimum atomic E-state index is -1.01. The Bertz CT molecular complexity index is 348. The van der Waals surface area contributed by atoms with E-state index in [1.165, 1.54) is 0 Å². The van der Waals surface area contributed by atoms with Crippen LogP contribution in [0.1, 0.15) is 23.7 Å². The van der Waals surface area contributed by atoms with Gasteiger partial charge < -0.3 is 10.4 Å². The van der Waals surface area contributed by atoms with Crippen LogP contribution in [-0.2, 0) is 4.79 Å². The average molecular weight is 207 g/mol. The number of carbonyl (C=O) groups is 2. The Hall–Kier alpha value is -1.84. The molecule has 0 saturated carbocycles. The van der Waals surface area contributed by atoms with E-state index in [0.717, 1.165) is 0 Å². The second-order valence-corrected chi connectivity index (χ2v) is 3.14. The van der Waals surface area contributed by atoms with Gasteiger partial charge in [0, 0.05) is 5.56 Å². The number of rotatable bonds is 4. The lowest BCUT2D eigenvalue weighted by molar-refractivity contribution is -0.139. The molecule has 15 heavy (non-hydrogen) atoms. The molecule has 4 nitrogen and oxygen atoms in total. The lowest BCUT2D eigenvalue weighted by atomic mass is 10.2. The van der Waals surface area contributed by atoms with Crippen LogP contribution in [0.2, 0.25) is 0 Å². The van der Waals surface area contributed by atoms with Crippen molar-refractivity contribution in [2.45, 2.75) is 19.4 Å². The van der Waals surface area contributed by atoms with Crippen molar-refractivity contribution in [2.75, 3.05) is 0 Å². The van der Waals surface area contributed by atoms with Crippen molar-refractivity contribution in [1.82, 2.24) is 5.32 Å². The van der Waals surface area contributed by atoms with E-state index in [1.54, 1.807) is 37.3 Å². The molecule has 2 N–H and O–H groups in total. The van der Waals surface area contributed by atoms with E-state index >= 15 is 0 Å². The van der Waals surface area contributed by atoms with Crippen molar-refractivity contribution in [1.29, 1.82) is 0 Å². The van der Waals surface area contributed by atoms with Crippen molar-refractivity contribution in [3.05, 3.63) is 35.9 Å². The molecule has 0 fully saturated rings. The molecule has 80 valence electrons. The third-order valence-electron chi connectivity index (χ3n) is 2.05. The Balaban J connectivity index is 2.67. The fourth-order valence-corrected chi connectivity index (χ4v) is 1.17. The van der Waals surface area contributed by atoms with Gasteiger partial charge in [0.15, 0.2) is 0 Å². The van der Waals surface area contributed by atoms with Crippen molar-refractivity contribution in [3.8, 4) is 0 Å². The molecule has 1 atom stereocenters. The molecular formula is C11H13NO3. The highest BCUT2D eigenvalue weighted by Gasteiger charge is 2.17. The number of hydrogen-bond donors (Lipinski definition) is 2. The highest BCUT2D eigenvalue weighted by Crippen LogP contribution is 2.00. The van der Waals surface area contributed by atoms with E-state index in [2.05, 4.69) is 5.32 Å². The largest absolute Gasteiger partial charge is 0.480 e. The van der Waals surface area contributed by atoms with Gasteiger partial charge >= 0.3 is 5.97 Å². The minimum Gasteiger partial charge on any atom is -0.480 e. The molecule has 0 aliphatic heterocycles. The first-order valence-electron chi connectivity index (χ1n) is 4.74. The van der Waals surface area contributed by atoms with Gasteiger partial charge in [-0.15, -0.1) is 0 Å². The van der Waals surface area contributed by atoms with Crippen LogP contribution in [0.25, 0.3) is 0 Å². The van der Waals surface area contributed by atoms with Crippen LogP contribution < -0.4 is 5.32 Å². The Labute approximate surface area is 87.9 Å². The number of amides is 1. The van der Waals surface area contributed by atoms with Crippen LogP contribution >= 0.6 is 0 Å². The first-order valence-corrected chi connectivity index (χ1v) is 4.74. The maximum atomic E-state index is 11.5.